The van der Waals surface area contributed by atoms with E-state index in [-0.39, 0.29) is 6.54 Å². The summed E-state index contributed by atoms with van der Waals surface area (Å²) >= 11 is 0. The molecule has 0 saturated heterocycles. The Morgan fingerprint density at radius 1 is 1.62 bits per heavy atom. The number of nitrogens with zero attached hydrogens (tertiary/aromatic N) is 2. The van der Waals surface area contributed by atoms with Crippen molar-refractivity contribution in [2.24, 2.45) is 0 Å². The molecule has 2 rings (SSSR count). The van der Waals surface area contributed by atoms with Crippen LogP contribution in [-0.2, 0) is 6.54 Å². The van der Waals surface area contributed by atoms with Crippen LogP contribution in [0.3, 0.4) is 0 Å². The van der Waals surface area contributed by atoms with Crippen molar-refractivity contribution in [1.82, 2.24) is 9.78 Å². The lowest BCUT2D eigenvalue weighted by Crippen LogP contribution is -2.11. The molecule has 1 aromatic heterocycles. The molecular formula is C9H11F2N2. The molecule has 1 saturated carbocycles. The Balaban J connectivity index is 2.23. The normalized spacial score (nSPS) is 16.9. The van der Waals surface area contributed by atoms with E-state index in [4.69, 9.17) is 0 Å². The van der Waals surface area contributed by atoms with Gasteiger partial charge in [-0.2, -0.15) is 5.10 Å². The van der Waals surface area contributed by atoms with Gasteiger partial charge in [0.25, 0.3) is 6.43 Å². The Kier molecular flexibility index (Phi) is 2.06. The molecule has 1 radical (unpaired) electrons. The molecule has 2 nitrogen and oxygen atoms in total. The summed E-state index contributed by atoms with van der Waals surface area (Å²) in [6.07, 6.45) is 2.62. The highest BCUT2D eigenvalue weighted by Gasteiger charge is 2.29. The highest BCUT2D eigenvalue weighted by Crippen LogP contribution is 2.41. The van der Waals surface area contributed by atoms with E-state index < -0.39 is 6.43 Å². The highest BCUT2D eigenvalue weighted by molar-refractivity contribution is 5.23. The number of aromatic nitrogens is 2. The van der Waals surface area contributed by atoms with Gasteiger partial charge in [0.05, 0.1) is 0 Å². The van der Waals surface area contributed by atoms with Gasteiger partial charge in [0, 0.05) is 17.2 Å². The third-order valence-corrected chi connectivity index (χ3v) is 2.28. The van der Waals surface area contributed by atoms with Crippen molar-refractivity contribution < 1.29 is 8.78 Å². The molecule has 1 fully saturated rings. The van der Waals surface area contributed by atoms with Gasteiger partial charge in [0.2, 0.25) is 0 Å². The molecule has 1 aliphatic carbocycles. The predicted octanol–water partition coefficient (Wildman–Crippen LogP) is 2.13. The average molecular weight is 185 g/mol. The first-order chi connectivity index (χ1) is 6.18. The van der Waals surface area contributed by atoms with Crippen molar-refractivity contribution in [3.05, 3.63) is 17.5 Å². The summed E-state index contributed by atoms with van der Waals surface area (Å²) < 4.78 is 25.6. The van der Waals surface area contributed by atoms with Gasteiger partial charge >= 0.3 is 0 Å². The van der Waals surface area contributed by atoms with Gasteiger partial charge < -0.3 is 0 Å². The van der Waals surface area contributed by atoms with E-state index in [1.807, 2.05) is 6.92 Å². The smallest absolute Gasteiger partial charge is 0.257 e. The zero-order valence-corrected chi connectivity index (χ0v) is 7.43. The molecule has 0 bridgehead atoms. The van der Waals surface area contributed by atoms with Gasteiger partial charge in [-0.3, -0.25) is 4.68 Å². The second-order valence-corrected chi connectivity index (χ2v) is 3.47. The van der Waals surface area contributed by atoms with Crippen molar-refractivity contribution in [2.75, 3.05) is 0 Å². The van der Waals surface area contributed by atoms with E-state index in [2.05, 4.69) is 11.3 Å². The average Bonchev–Trinajstić information content (AvgIpc) is 2.79. The Morgan fingerprint density at radius 3 is 2.85 bits per heavy atom. The minimum atomic E-state index is -2.33. The minimum absolute atomic E-state index is 0.295. The largest absolute Gasteiger partial charge is 0.263 e. The summed E-state index contributed by atoms with van der Waals surface area (Å²) in [4.78, 5) is 0. The maximum absolute atomic E-state index is 12.1. The molecule has 1 aliphatic rings. The maximum atomic E-state index is 12.1. The van der Waals surface area contributed by atoms with Crippen molar-refractivity contribution in [1.29, 1.82) is 0 Å². The third-order valence-electron chi connectivity index (χ3n) is 2.28. The van der Waals surface area contributed by atoms with Crippen LogP contribution < -0.4 is 0 Å². The fourth-order valence-corrected chi connectivity index (χ4v) is 1.58. The molecule has 1 aromatic rings. The van der Waals surface area contributed by atoms with Gasteiger partial charge in [-0.15, -0.1) is 0 Å². The third kappa shape index (κ3) is 1.71. The monoisotopic (exact) mass is 185 g/mol. The van der Waals surface area contributed by atoms with Gasteiger partial charge in [0.15, 0.2) is 0 Å². The number of halogens is 2. The summed E-state index contributed by atoms with van der Waals surface area (Å²) in [6, 6.07) is 0. The predicted molar refractivity (Wildman–Crippen MR) is 43.8 cm³/mol. The Morgan fingerprint density at radius 2 is 2.31 bits per heavy atom. The molecule has 0 aliphatic heterocycles. The van der Waals surface area contributed by atoms with Crippen molar-refractivity contribution in [3.63, 3.8) is 0 Å². The van der Waals surface area contributed by atoms with Crippen LogP contribution in [0.4, 0.5) is 8.78 Å². The molecule has 0 N–H and O–H groups in total. The van der Waals surface area contributed by atoms with Gasteiger partial charge in [-0.25, -0.2) is 8.78 Å². The Hall–Kier alpha value is -0.930. The van der Waals surface area contributed by atoms with Crippen LogP contribution in [-0.4, -0.2) is 16.2 Å². The van der Waals surface area contributed by atoms with Gasteiger partial charge in [-0.1, -0.05) is 0 Å². The van der Waals surface area contributed by atoms with Crippen molar-refractivity contribution >= 4 is 0 Å². The van der Waals surface area contributed by atoms with Gasteiger partial charge in [-0.05, 0) is 19.8 Å². The lowest BCUT2D eigenvalue weighted by atomic mass is 10.2. The first-order valence-corrected chi connectivity index (χ1v) is 4.41. The Bertz CT molecular complexity index is 303. The van der Waals surface area contributed by atoms with Crippen LogP contribution in [0.25, 0.3) is 0 Å². The highest BCUT2D eigenvalue weighted by atomic mass is 19.3. The molecule has 71 valence electrons. The van der Waals surface area contributed by atoms with Crippen LogP contribution in [0.1, 0.15) is 30.0 Å². The topological polar surface area (TPSA) is 17.8 Å². The van der Waals surface area contributed by atoms with Crippen molar-refractivity contribution in [3.8, 4) is 0 Å². The van der Waals surface area contributed by atoms with Crippen LogP contribution in [0.15, 0.2) is 0 Å². The van der Waals surface area contributed by atoms with E-state index in [1.54, 1.807) is 0 Å². The molecule has 0 aromatic carbocycles. The molecule has 0 atom stereocenters. The zero-order valence-electron chi connectivity index (χ0n) is 7.43. The lowest BCUT2D eigenvalue weighted by Gasteiger charge is -2.05. The number of aryl methyl sites for hydroxylation is 1. The first-order valence-electron chi connectivity index (χ1n) is 4.41. The summed E-state index contributed by atoms with van der Waals surface area (Å²) in [5.41, 5.74) is 1.88. The summed E-state index contributed by atoms with van der Waals surface area (Å²) in [5.74, 6) is 0.456. The number of hydrogen-bond acceptors (Lipinski definition) is 1. The molecule has 13 heavy (non-hydrogen) atoms. The van der Waals surface area contributed by atoms with E-state index in [1.165, 1.54) is 4.68 Å². The van der Waals surface area contributed by atoms with Crippen LogP contribution >= 0.6 is 0 Å². The molecule has 0 amide bonds. The van der Waals surface area contributed by atoms with Gasteiger partial charge in [0.1, 0.15) is 12.7 Å². The molecule has 4 heteroatoms. The second kappa shape index (κ2) is 3.09. The summed E-state index contributed by atoms with van der Waals surface area (Å²) in [7, 11) is 0. The van der Waals surface area contributed by atoms with Crippen molar-refractivity contribution in [2.45, 2.75) is 38.7 Å². The zero-order chi connectivity index (χ0) is 9.42. The lowest BCUT2D eigenvalue weighted by molar-refractivity contribution is 0.120. The number of hydrogen-bond donors (Lipinski definition) is 0. The van der Waals surface area contributed by atoms with E-state index in [0.717, 1.165) is 24.1 Å². The van der Waals surface area contributed by atoms with Crippen LogP contribution in [0.2, 0.25) is 0 Å². The Labute approximate surface area is 75.6 Å². The molecule has 0 spiro atoms. The van der Waals surface area contributed by atoms with Crippen LogP contribution in [0.5, 0.6) is 0 Å². The standard InChI is InChI=1S/C9H11F2N2/c1-6-4-12-13(5-8(10)11)9(6)7-2-3-7/h7-8H,2-3,5H2,1H3. The van der Waals surface area contributed by atoms with E-state index >= 15 is 0 Å². The first kappa shape index (κ1) is 8.66. The summed E-state index contributed by atoms with van der Waals surface area (Å²) in [6.45, 7) is 1.58. The number of rotatable bonds is 3. The fraction of sp³-hybridized carbons (Fsp3) is 0.667. The number of alkyl halides is 2. The molecule has 0 unspecified atom stereocenters. The van der Waals surface area contributed by atoms with Crippen LogP contribution in [0, 0.1) is 13.1 Å². The quantitative estimate of drug-likeness (QED) is 0.705. The second-order valence-electron chi connectivity index (χ2n) is 3.47. The minimum Gasteiger partial charge on any atom is -0.263 e. The van der Waals surface area contributed by atoms with E-state index in [0.29, 0.717) is 5.92 Å². The molecule has 1 heterocycles. The maximum Gasteiger partial charge on any atom is 0.257 e. The molecular weight excluding hydrogens is 174 g/mol. The van der Waals surface area contributed by atoms with E-state index in [9.17, 15) is 8.78 Å². The fourth-order valence-electron chi connectivity index (χ4n) is 1.58. The summed E-state index contributed by atoms with van der Waals surface area (Å²) in [5, 5.41) is 3.83. The SMILES string of the molecule is Cc1[c]nn(CC(F)F)c1C1CC1.